The molecule has 0 amide bonds. The standard InChI is InChI=1S/C15H13Br2NO3/c1-21-14-12(16)5-9(6-13(14)17)8-18-11-4-2-3-10(7-11)15(19)20/h2-7,18H,8H2,1H3,(H,19,20). The van der Waals surface area contributed by atoms with E-state index in [2.05, 4.69) is 37.2 Å². The Morgan fingerprint density at radius 1 is 1.24 bits per heavy atom. The lowest BCUT2D eigenvalue weighted by Crippen LogP contribution is -2.02. The molecule has 0 bridgehead atoms. The van der Waals surface area contributed by atoms with Gasteiger partial charge in [-0.3, -0.25) is 0 Å². The van der Waals surface area contributed by atoms with E-state index in [-0.39, 0.29) is 5.56 Å². The van der Waals surface area contributed by atoms with Crippen molar-refractivity contribution < 1.29 is 14.6 Å². The first-order valence-electron chi connectivity index (χ1n) is 6.10. The maximum Gasteiger partial charge on any atom is 0.335 e. The number of carboxylic acids is 1. The molecular weight excluding hydrogens is 402 g/mol. The number of anilines is 1. The summed E-state index contributed by atoms with van der Waals surface area (Å²) >= 11 is 6.91. The molecule has 0 aromatic heterocycles. The molecule has 0 saturated heterocycles. The van der Waals surface area contributed by atoms with Crippen LogP contribution in [0.5, 0.6) is 5.75 Å². The lowest BCUT2D eigenvalue weighted by molar-refractivity contribution is 0.0697. The fraction of sp³-hybridized carbons (Fsp3) is 0.133. The van der Waals surface area contributed by atoms with Crippen molar-refractivity contribution in [2.45, 2.75) is 6.54 Å². The molecule has 0 atom stereocenters. The third-order valence-electron chi connectivity index (χ3n) is 2.87. The molecule has 2 rings (SSSR count). The second kappa shape index (κ2) is 6.95. The molecule has 0 heterocycles. The van der Waals surface area contributed by atoms with Crippen molar-refractivity contribution in [1.82, 2.24) is 0 Å². The molecule has 0 fully saturated rings. The van der Waals surface area contributed by atoms with Crippen LogP contribution in [0.1, 0.15) is 15.9 Å². The zero-order valence-corrected chi connectivity index (χ0v) is 14.4. The van der Waals surface area contributed by atoms with Gasteiger partial charge in [-0.2, -0.15) is 0 Å². The highest BCUT2D eigenvalue weighted by Gasteiger charge is 2.08. The number of aromatic carboxylic acids is 1. The van der Waals surface area contributed by atoms with E-state index in [9.17, 15) is 4.79 Å². The number of methoxy groups -OCH3 is 1. The van der Waals surface area contributed by atoms with Crippen LogP contribution in [0, 0.1) is 0 Å². The molecule has 2 N–H and O–H groups in total. The van der Waals surface area contributed by atoms with Gasteiger partial charge < -0.3 is 15.2 Å². The fourth-order valence-corrected chi connectivity index (χ4v) is 3.48. The predicted octanol–water partition coefficient (Wildman–Crippen LogP) is 4.53. The Balaban J connectivity index is 2.13. The van der Waals surface area contributed by atoms with Crippen molar-refractivity contribution in [1.29, 1.82) is 0 Å². The summed E-state index contributed by atoms with van der Waals surface area (Å²) in [6, 6.07) is 10.6. The molecule has 21 heavy (non-hydrogen) atoms. The first kappa shape index (κ1) is 15.9. The van der Waals surface area contributed by atoms with Gasteiger partial charge in [0.05, 0.1) is 21.6 Å². The van der Waals surface area contributed by atoms with Crippen molar-refractivity contribution in [2.75, 3.05) is 12.4 Å². The molecule has 4 nitrogen and oxygen atoms in total. The lowest BCUT2D eigenvalue weighted by atomic mass is 10.2. The Labute approximate surface area is 139 Å². The third-order valence-corrected chi connectivity index (χ3v) is 4.05. The molecule has 2 aromatic carbocycles. The van der Waals surface area contributed by atoms with Crippen LogP contribution in [-0.2, 0) is 6.54 Å². The molecule has 0 aliphatic carbocycles. The van der Waals surface area contributed by atoms with Crippen molar-refractivity contribution >= 4 is 43.5 Å². The number of ether oxygens (including phenoxy) is 1. The van der Waals surface area contributed by atoms with E-state index in [0.717, 1.165) is 25.9 Å². The van der Waals surface area contributed by atoms with Crippen molar-refractivity contribution in [3.8, 4) is 5.75 Å². The van der Waals surface area contributed by atoms with Crippen molar-refractivity contribution in [3.63, 3.8) is 0 Å². The maximum atomic E-state index is 10.9. The second-order valence-electron chi connectivity index (χ2n) is 4.33. The lowest BCUT2D eigenvalue weighted by Gasteiger charge is -2.11. The van der Waals surface area contributed by atoms with E-state index in [1.807, 2.05) is 18.2 Å². The molecule has 110 valence electrons. The molecule has 0 spiro atoms. The highest BCUT2D eigenvalue weighted by Crippen LogP contribution is 2.34. The van der Waals surface area contributed by atoms with Crippen LogP contribution < -0.4 is 10.1 Å². The van der Waals surface area contributed by atoms with Gasteiger partial charge in [-0.25, -0.2) is 4.79 Å². The van der Waals surface area contributed by atoms with Crippen molar-refractivity contribution in [3.05, 3.63) is 56.5 Å². The summed E-state index contributed by atoms with van der Waals surface area (Å²) in [5, 5.41) is 12.2. The summed E-state index contributed by atoms with van der Waals surface area (Å²) in [7, 11) is 1.61. The normalized spacial score (nSPS) is 10.2. The van der Waals surface area contributed by atoms with Gasteiger partial charge in [-0.05, 0) is 67.8 Å². The topological polar surface area (TPSA) is 58.6 Å². The zero-order chi connectivity index (χ0) is 15.4. The Kier molecular flexibility index (Phi) is 5.25. The summed E-state index contributed by atoms with van der Waals surface area (Å²) in [4.78, 5) is 10.9. The first-order chi connectivity index (χ1) is 10.0. The zero-order valence-electron chi connectivity index (χ0n) is 11.2. The highest BCUT2D eigenvalue weighted by atomic mass is 79.9. The van der Waals surface area contributed by atoms with Crippen LogP contribution in [-0.4, -0.2) is 18.2 Å². The summed E-state index contributed by atoms with van der Waals surface area (Å²) in [5.74, 6) is -0.194. The summed E-state index contributed by atoms with van der Waals surface area (Å²) in [6.45, 7) is 0.574. The average Bonchev–Trinajstić information content (AvgIpc) is 2.45. The van der Waals surface area contributed by atoms with Crippen LogP contribution in [0.2, 0.25) is 0 Å². The van der Waals surface area contributed by atoms with E-state index in [0.29, 0.717) is 6.54 Å². The molecule has 2 aromatic rings. The highest BCUT2D eigenvalue weighted by molar-refractivity contribution is 9.11. The number of hydrogen-bond donors (Lipinski definition) is 2. The van der Waals surface area contributed by atoms with Gasteiger partial charge >= 0.3 is 5.97 Å². The van der Waals surface area contributed by atoms with E-state index < -0.39 is 5.97 Å². The summed E-state index contributed by atoms with van der Waals surface area (Å²) < 4.78 is 6.97. The maximum absolute atomic E-state index is 10.9. The number of rotatable bonds is 5. The SMILES string of the molecule is COc1c(Br)cc(CNc2cccc(C(=O)O)c2)cc1Br. The predicted molar refractivity (Wildman–Crippen MR) is 89.1 cm³/mol. The Morgan fingerprint density at radius 3 is 2.48 bits per heavy atom. The van der Waals surface area contributed by atoms with Crippen LogP contribution in [0.3, 0.4) is 0 Å². The average molecular weight is 415 g/mol. The number of halogens is 2. The van der Waals surface area contributed by atoms with E-state index >= 15 is 0 Å². The number of benzene rings is 2. The number of carbonyl (C=O) groups is 1. The van der Waals surface area contributed by atoms with E-state index in [4.69, 9.17) is 9.84 Å². The molecule has 6 heteroatoms. The molecule has 0 aliphatic rings. The summed E-state index contributed by atoms with van der Waals surface area (Å²) in [6.07, 6.45) is 0. The van der Waals surface area contributed by atoms with Gasteiger partial charge in [0.1, 0.15) is 5.75 Å². The Morgan fingerprint density at radius 2 is 1.90 bits per heavy atom. The molecule has 0 aliphatic heterocycles. The minimum Gasteiger partial charge on any atom is -0.494 e. The van der Waals surface area contributed by atoms with Crippen LogP contribution in [0.4, 0.5) is 5.69 Å². The first-order valence-corrected chi connectivity index (χ1v) is 7.69. The van der Waals surface area contributed by atoms with E-state index in [1.54, 1.807) is 25.3 Å². The van der Waals surface area contributed by atoms with Gasteiger partial charge in [0.2, 0.25) is 0 Å². The Hall–Kier alpha value is -1.53. The van der Waals surface area contributed by atoms with Crippen LogP contribution in [0.25, 0.3) is 0 Å². The minimum absolute atomic E-state index is 0.261. The van der Waals surface area contributed by atoms with Gasteiger partial charge in [0.15, 0.2) is 0 Å². The van der Waals surface area contributed by atoms with Gasteiger partial charge in [-0.1, -0.05) is 6.07 Å². The fourth-order valence-electron chi connectivity index (χ4n) is 1.88. The van der Waals surface area contributed by atoms with Gasteiger partial charge in [-0.15, -0.1) is 0 Å². The van der Waals surface area contributed by atoms with Gasteiger partial charge in [0.25, 0.3) is 0 Å². The second-order valence-corrected chi connectivity index (χ2v) is 6.04. The van der Waals surface area contributed by atoms with Crippen LogP contribution in [0.15, 0.2) is 45.3 Å². The van der Waals surface area contributed by atoms with Crippen molar-refractivity contribution in [2.24, 2.45) is 0 Å². The summed E-state index contributed by atoms with van der Waals surface area (Å²) in [5.41, 5.74) is 2.06. The number of hydrogen-bond acceptors (Lipinski definition) is 3. The molecular formula is C15H13Br2NO3. The van der Waals surface area contributed by atoms with Gasteiger partial charge in [0, 0.05) is 12.2 Å². The molecule has 0 radical (unpaired) electrons. The third kappa shape index (κ3) is 3.98. The van der Waals surface area contributed by atoms with E-state index in [1.165, 1.54) is 0 Å². The molecule has 0 unspecified atom stereocenters. The number of carboxylic acid groups (broad SMARTS) is 1. The monoisotopic (exact) mass is 413 g/mol. The number of nitrogens with one attached hydrogen (secondary N) is 1. The Bertz CT molecular complexity index is 651. The quantitative estimate of drug-likeness (QED) is 0.754. The molecule has 0 saturated carbocycles. The minimum atomic E-state index is -0.936. The largest absolute Gasteiger partial charge is 0.494 e. The van der Waals surface area contributed by atoms with Crippen LogP contribution >= 0.6 is 31.9 Å². The smallest absolute Gasteiger partial charge is 0.335 e.